The molecule has 2 aromatic rings. The number of amides is 1. The average Bonchev–Trinajstić information content (AvgIpc) is 2.95. The van der Waals surface area contributed by atoms with Crippen LogP contribution in [0.15, 0.2) is 28.8 Å². The topological polar surface area (TPSA) is 79.5 Å². The quantitative estimate of drug-likeness (QED) is 0.871. The molecule has 1 aromatic carbocycles. The number of rotatable bonds is 4. The van der Waals surface area contributed by atoms with Gasteiger partial charge in [0.05, 0.1) is 0 Å². The molecule has 0 bridgehead atoms. The fourth-order valence-corrected chi connectivity index (χ4v) is 2.03. The third-order valence-electron chi connectivity index (χ3n) is 3.19. The van der Waals surface area contributed by atoms with Gasteiger partial charge in [0.15, 0.2) is 5.82 Å². The maximum Gasteiger partial charge on any atom is 0.254 e. The van der Waals surface area contributed by atoms with Gasteiger partial charge in [-0.05, 0) is 45.9 Å². The Labute approximate surface area is 141 Å². The molecule has 6 heteroatoms. The molecule has 2 rings (SSSR count). The fourth-order valence-electron chi connectivity index (χ4n) is 2.03. The number of carbonyl (C=O) groups excluding carboxylic acids is 1. The van der Waals surface area contributed by atoms with Crippen LogP contribution in [0, 0.1) is 18.8 Å². The van der Waals surface area contributed by atoms with Crippen molar-refractivity contribution in [3.63, 3.8) is 0 Å². The van der Waals surface area contributed by atoms with Crippen LogP contribution >= 0.6 is 0 Å². The molecule has 1 heterocycles. The molecular weight excluding hydrogens is 306 g/mol. The maximum atomic E-state index is 12.7. The lowest BCUT2D eigenvalue weighted by molar-refractivity contribution is 0.0734. The predicted octanol–water partition coefficient (Wildman–Crippen LogP) is 2.16. The Balaban J connectivity index is 2.19. The second-order valence-corrected chi connectivity index (χ2v) is 5.94. The molecule has 6 nitrogen and oxygen atoms in total. The van der Waals surface area contributed by atoms with E-state index >= 15 is 0 Å². The smallest absolute Gasteiger partial charge is 0.254 e. The van der Waals surface area contributed by atoms with Crippen LogP contribution in [0.1, 0.15) is 48.4 Å². The van der Waals surface area contributed by atoms with E-state index in [1.54, 1.807) is 49.9 Å². The Morgan fingerprint density at radius 2 is 2.17 bits per heavy atom. The summed E-state index contributed by atoms with van der Waals surface area (Å²) in [7, 11) is 0. The van der Waals surface area contributed by atoms with Gasteiger partial charge in [0, 0.05) is 17.7 Å². The van der Waals surface area contributed by atoms with Crippen molar-refractivity contribution in [2.45, 2.75) is 39.8 Å². The fraction of sp³-hybridized carbons (Fsp3) is 0.389. The number of carbonyl (C=O) groups is 1. The zero-order valence-corrected chi connectivity index (χ0v) is 14.3. The largest absolute Gasteiger partial charge is 0.378 e. The van der Waals surface area contributed by atoms with E-state index in [0.717, 1.165) is 0 Å². The molecule has 0 aliphatic rings. The summed E-state index contributed by atoms with van der Waals surface area (Å²) in [6.45, 7) is 7.62. The highest BCUT2D eigenvalue weighted by Gasteiger charge is 2.17. The Morgan fingerprint density at radius 3 is 2.75 bits per heavy atom. The highest BCUT2D eigenvalue weighted by Crippen LogP contribution is 2.11. The SMILES string of the molecule is CCN(Cc1nc(C)no1)C(=O)c1cccc(C#CC(C)(C)O)c1. The molecule has 0 saturated heterocycles. The first-order valence-corrected chi connectivity index (χ1v) is 7.72. The molecule has 0 unspecified atom stereocenters. The Hall–Kier alpha value is -2.65. The van der Waals surface area contributed by atoms with E-state index in [2.05, 4.69) is 22.0 Å². The highest BCUT2D eigenvalue weighted by atomic mass is 16.5. The molecular formula is C18H21N3O3. The number of aryl methyl sites for hydroxylation is 1. The zero-order valence-electron chi connectivity index (χ0n) is 14.3. The van der Waals surface area contributed by atoms with E-state index in [1.807, 2.05) is 6.92 Å². The number of aliphatic hydroxyl groups is 1. The lowest BCUT2D eigenvalue weighted by Crippen LogP contribution is -2.30. The number of aromatic nitrogens is 2. The van der Waals surface area contributed by atoms with Crippen LogP contribution in [-0.2, 0) is 6.54 Å². The van der Waals surface area contributed by atoms with Gasteiger partial charge in [-0.25, -0.2) is 0 Å². The maximum absolute atomic E-state index is 12.7. The number of hydrogen-bond acceptors (Lipinski definition) is 5. The van der Waals surface area contributed by atoms with Gasteiger partial charge in [-0.2, -0.15) is 4.98 Å². The van der Waals surface area contributed by atoms with Crippen molar-refractivity contribution in [1.82, 2.24) is 15.0 Å². The van der Waals surface area contributed by atoms with Crippen LogP contribution in [0.4, 0.5) is 0 Å². The standard InChI is InChI=1S/C18H21N3O3/c1-5-21(12-16-19-13(2)20-24-16)17(22)15-8-6-7-14(11-15)9-10-18(3,4)23/h6-8,11,23H,5,12H2,1-4H3. The highest BCUT2D eigenvalue weighted by molar-refractivity contribution is 5.94. The first-order valence-electron chi connectivity index (χ1n) is 7.72. The van der Waals surface area contributed by atoms with Crippen molar-refractivity contribution >= 4 is 5.91 Å². The molecule has 1 amide bonds. The molecule has 0 aliphatic heterocycles. The van der Waals surface area contributed by atoms with E-state index in [0.29, 0.717) is 29.4 Å². The van der Waals surface area contributed by atoms with Crippen LogP contribution in [0.5, 0.6) is 0 Å². The minimum atomic E-state index is -1.08. The third kappa shape index (κ3) is 4.93. The Bertz CT molecular complexity index is 779. The molecule has 0 aliphatic carbocycles. The van der Waals surface area contributed by atoms with Gasteiger partial charge in [-0.15, -0.1) is 0 Å². The van der Waals surface area contributed by atoms with Crippen molar-refractivity contribution in [2.24, 2.45) is 0 Å². The van der Waals surface area contributed by atoms with E-state index in [4.69, 9.17) is 4.52 Å². The van der Waals surface area contributed by atoms with E-state index in [-0.39, 0.29) is 12.5 Å². The Morgan fingerprint density at radius 1 is 1.42 bits per heavy atom. The van der Waals surface area contributed by atoms with Crippen molar-refractivity contribution < 1.29 is 14.4 Å². The van der Waals surface area contributed by atoms with Gasteiger partial charge in [-0.3, -0.25) is 4.79 Å². The summed E-state index contributed by atoms with van der Waals surface area (Å²) < 4.78 is 5.08. The van der Waals surface area contributed by atoms with Crippen LogP contribution in [0.3, 0.4) is 0 Å². The summed E-state index contributed by atoms with van der Waals surface area (Å²) in [6, 6.07) is 7.02. The minimum absolute atomic E-state index is 0.139. The van der Waals surface area contributed by atoms with Crippen molar-refractivity contribution in [3.8, 4) is 11.8 Å². The molecule has 0 radical (unpaired) electrons. The average molecular weight is 327 g/mol. The van der Waals surface area contributed by atoms with Crippen LogP contribution in [0.25, 0.3) is 0 Å². The van der Waals surface area contributed by atoms with Crippen LogP contribution < -0.4 is 0 Å². The van der Waals surface area contributed by atoms with Gasteiger partial charge in [0.25, 0.3) is 5.91 Å². The molecule has 24 heavy (non-hydrogen) atoms. The molecule has 0 fully saturated rings. The molecule has 1 aromatic heterocycles. The van der Waals surface area contributed by atoms with Gasteiger partial charge < -0.3 is 14.5 Å². The van der Waals surface area contributed by atoms with Gasteiger partial charge in [-0.1, -0.05) is 23.1 Å². The first kappa shape index (κ1) is 17.7. The van der Waals surface area contributed by atoms with Gasteiger partial charge in [0.2, 0.25) is 5.89 Å². The lowest BCUT2D eigenvalue weighted by Gasteiger charge is -2.18. The molecule has 0 saturated carbocycles. The summed E-state index contributed by atoms with van der Waals surface area (Å²) in [6.07, 6.45) is 0. The number of benzene rings is 1. The number of hydrogen-bond donors (Lipinski definition) is 1. The minimum Gasteiger partial charge on any atom is -0.378 e. The predicted molar refractivity (Wildman–Crippen MR) is 89.1 cm³/mol. The summed E-state index contributed by atoms with van der Waals surface area (Å²) in [5.74, 6) is 6.42. The molecule has 0 atom stereocenters. The van der Waals surface area contributed by atoms with Crippen molar-refractivity contribution in [2.75, 3.05) is 6.54 Å². The van der Waals surface area contributed by atoms with Crippen LogP contribution in [-0.4, -0.2) is 38.2 Å². The van der Waals surface area contributed by atoms with E-state index in [1.165, 1.54) is 0 Å². The summed E-state index contributed by atoms with van der Waals surface area (Å²) in [5, 5.41) is 13.4. The monoisotopic (exact) mass is 327 g/mol. The first-order chi connectivity index (χ1) is 11.3. The van der Waals surface area contributed by atoms with Gasteiger partial charge >= 0.3 is 0 Å². The van der Waals surface area contributed by atoms with Gasteiger partial charge in [0.1, 0.15) is 12.1 Å². The van der Waals surface area contributed by atoms with E-state index in [9.17, 15) is 9.90 Å². The number of nitrogens with zero attached hydrogens (tertiary/aromatic N) is 3. The summed E-state index contributed by atoms with van der Waals surface area (Å²) in [5.41, 5.74) is 0.119. The molecule has 0 spiro atoms. The van der Waals surface area contributed by atoms with E-state index < -0.39 is 5.60 Å². The molecule has 126 valence electrons. The summed E-state index contributed by atoms with van der Waals surface area (Å²) in [4.78, 5) is 18.4. The second-order valence-electron chi connectivity index (χ2n) is 5.94. The Kier molecular flexibility index (Phi) is 5.37. The normalized spacial score (nSPS) is 10.9. The lowest BCUT2D eigenvalue weighted by atomic mass is 10.1. The van der Waals surface area contributed by atoms with Crippen molar-refractivity contribution in [3.05, 3.63) is 47.1 Å². The second kappa shape index (κ2) is 7.28. The molecule has 1 N–H and O–H groups in total. The third-order valence-corrected chi connectivity index (χ3v) is 3.19. The zero-order chi connectivity index (χ0) is 17.7. The van der Waals surface area contributed by atoms with Crippen LogP contribution in [0.2, 0.25) is 0 Å². The van der Waals surface area contributed by atoms with Crippen molar-refractivity contribution in [1.29, 1.82) is 0 Å². The summed E-state index contributed by atoms with van der Waals surface area (Å²) >= 11 is 0.